The molecule has 0 aliphatic rings. The molecule has 2 aromatic rings. The average molecular weight is 219 g/mol. The molecular formula is C10H13N5O. The molecule has 3 N–H and O–H groups in total. The molecule has 6 nitrogen and oxygen atoms in total. The lowest BCUT2D eigenvalue weighted by molar-refractivity contribution is 0.811. The van der Waals surface area contributed by atoms with Crippen LogP contribution in [0.5, 0.6) is 0 Å². The first-order valence-electron chi connectivity index (χ1n) is 5.01. The van der Waals surface area contributed by atoms with E-state index < -0.39 is 0 Å². The van der Waals surface area contributed by atoms with Crippen LogP contribution in [0.25, 0.3) is 5.82 Å². The van der Waals surface area contributed by atoms with Crippen molar-refractivity contribution in [3.8, 4) is 5.82 Å². The lowest BCUT2D eigenvalue weighted by atomic mass is 10.4. The number of imidazole rings is 1. The summed E-state index contributed by atoms with van der Waals surface area (Å²) in [6, 6.07) is 1.44. The molecule has 0 aliphatic heterocycles. The van der Waals surface area contributed by atoms with Gasteiger partial charge in [0.2, 0.25) is 0 Å². The van der Waals surface area contributed by atoms with Gasteiger partial charge in [0.15, 0.2) is 0 Å². The minimum atomic E-state index is -0.171. The first-order valence-corrected chi connectivity index (χ1v) is 5.01. The highest BCUT2D eigenvalue weighted by atomic mass is 16.1. The third kappa shape index (κ3) is 2.01. The van der Waals surface area contributed by atoms with Gasteiger partial charge in [-0.05, 0) is 13.5 Å². The van der Waals surface area contributed by atoms with E-state index in [0.717, 1.165) is 5.82 Å². The van der Waals surface area contributed by atoms with Crippen molar-refractivity contribution in [3.63, 3.8) is 0 Å². The minimum absolute atomic E-state index is 0.171. The Labute approximate surface area is 92.2 Å². The van der Waals surface area contributed by atoms with Gasteiger partial charge in [0.25, 0.3) is 5.56 Å². The van der Waals surface area contributed by atoms with Gasteiger partial charge in [-0.3, -0.25) is 9.36 Å². The van der Waals surface area contributed by atoms with Crippen LogP contribution in [0.15, 0.2) is 23.3 Å². The molecule has 2 rings (SSSR count). The van der Waals surface area contributed by atoms with Crippen LogP contribution in [0.4, 0.5) is 0 Å². The maximum absolute atomic E-state index is 11.3. The maximum Gasteiger partial charge on any atom is 0.253 e. The van der Waals surface area contributed by atoms with E-state index >= 15 is 0 Å². The Morgan fingerprint density at radius 2 is 2.38 bits per heavy atom. The number of H-pyrrole nitrogens is 1. The topological polar surface area (TPSA) is 89.6 Å². The third-order valence-corrected chi connectivity index (χ3v) is 2.18. The van der Waals surface area contributed by atoms with Crippen LogP contribution < -0.4 is 11.3 Å². The largest absolute Gasteiger partial charge is 0.330 e. The monoisotopic (exact) mass is 219 g/mol. The molecule has 0 aliphatic carbocycles. The molecule has 0 amide bonds. The van der Waals surface area contributed by atoms with E-state index in [1.165, 1.54) is 6.07 Å². The Morgan fingerprint density at radius 1 is 1.56 bits per heavy atom. The third-order valence-electron chi connectivity index (χ3n) is 2.18. The first-order chi connectivity index (χ1) is 7.70. The molecule has 84 valence electrons. The fourth-order valence-electron chi connectivity index (χ4n) is 1.54. The molecule has 6 heteroatoms. The Kier molecular flexibility index (Phi) is 2.82. The zero-order valence-electron chi connectivity index (χ0n) is 8.97. The van der Waals surface area contributed by atoms with E-state index in [2.05, 4.69) is 15.0 Å². The molecule has 0 bridgehead atoms. The SMILES string of the molecule is Cc1nc(-n2ccnc2CCN)cc(=O)[nH]1. The number of nitrogens with zero attached hydrogens (tertiary/aromatic N) is 3. The van der Waals surface area contributed by atoms with Crippen molar-refractivity contribution in [1.82, 2.24) is 19.5 Å². The van der Waals surface area contributed by atoms with Crippen molar-refractivity contribution >= 4 is 0 Å². The highest BCUT2D eigenvalue weighted by Crippen LogP contribution is 2.06. The zero-order chi connectivity index (χ0) is 11.5. The number of nitrogens with two attached hydrogens (primary N) is 1. The number of hydrogen-bond donors (Lipinski definition) is 2. The molecule has 16 heavy (non-hydrogen) atoms. The Balaban J connectivity index is 2.49. The summed E-state index contributed by atoms with van der Waals surface area (Å²) in [5.74, 6) is 1.96. The molecule has 0 atom stereocenters. The molecule has 0 unspecified atom stereocenters. The van der Waals surface area contributed by atoms with Crippen LogP contribution >= 0.6 is 0 Å². The molecule has 0 aromatic carbocycles. The van der Waals surface area contributed by atoms with Crippen LogP contribution in [-0.2, 0) is 6.42 Å². The van der Waals surface area contributed by atoms with Crippen LogP contribution in [0.1, 0.15) is 11.6 Å². The molecule has 0 saturated carbocycles. The van der Waals surface area contributed by atoms with Crippen molar-refractivity contribution in [2.24, 2.45) is 5.73 Å². The van der Waals surface area contributed by atoms with E-state index in [4.69, 9.17) is 5.73 Å². The molecule has 0 saturated heterocycles. The van der Waals surface area contributed by atoms with E-state index in [1.54, 1.807) is 23.9 Å². The van der Waals surface area contributed by atoms with Crippen molar-refractivity contribution < 1.29 is 0 Å². The van der Waals surface area contributed by atoms with Crippen molar-refractivity contribution in [2.45, 2.75) is 13.3 Å². The maximum atomic E-state index is 11.3. The zero-order valence-corrected chi connectivity index (χ0v) is 8.97. The number of aryl methyl sites for hydroxylation is 1. The van der Waals surface area contributed by atoms with Crippen molar-refractivity contribution in [1.29, 1.82) is 0 Å². The van der Waals surface area contributed by atoms with Crippen LogP contribution in [0.3, 0.4) is 0 Å². The van der Waals surface area contributed by atoms with Gasteiger partial charge in [-0.25, -0.2) is 9.97 Å². The molecule has 0 fully saturated rings. The standard InChI is InChI=1S/C10H13N5O/c1-7-13-9(6-10(16)14-7)15-5-4-12-8(15)2-3-11/h4-6H,2-3,11H2,1H3,(H,13,14,16). The number of hydrogen-bond acceptors (Lipinski definition) is 4. The van der Waals surface area contributed by atoms with Gasteiger partial charge in [0.05, 0.1) is 0 Å². The van der Waals surface area contributed by atoms with Gasteiger partial charge in [0, 0.05) is 24.9 Å². The average Bonchev–Trinajstić information content (AvgIpc) is 2.65. The first kappa shape index (κ1) is 10.6. The van der Waals surface area contributed by atoms with Crippen LogP contribution in [-0.4, -0.2) is 26.1 Å². The fourth-order valence-corrected chi connectivity index (χ4v) is 1.54. The molecule has 2 heterocycles. The van der Waals surface area contributed by atoms with Gasteiger partial charge < -0.3 is 10.7 Å². The predicted molar refractivity (Wildman–Crippen MR) is 59.5 cm³/mol. The minimum Gasteiger partial charge on any atom is -0.330 e. The number of rotatable bonds is 3. The smallest absolute Gasteiger partial charge is 0.253 e. The lowest BCUT2D eigenvalue weighted by Crippen LogP contribution is -2.14. The summed E-state index contributed by atoms with van der Waals surface area (Å²) in [5.41, 5.74) is 5.31. The summed E-state index contributed by atoms with van der Waals surface area (Å²) in [6.45, 7) is 2.25. The van der Waals surface area contributed by atoms with Crippen molar-refractivity contribution in [2.75, 3.05) is 6.54 Å². The van der Waals surface area contributed by atoms with Gasteiger partial charge in [0.1, 0.15) is 17.5 Å². The molecule has 2 aromatic heterocycles. The normalized spacial score (nSPS) is 10.6. The summed E-state index contributed by atoms with van der Waals surface area (Å²) in [5, 5.41) is 0. The number of aromatic amines is 1. The van der Waals surface area contributed by atoms with Gasteiger partial charge >= 0.3 is 0 Å². The highest BCUT2D eigenvalue weighted by molar-refractivity contribution is 5.23. The quantitative estimate of drug-likeness (QED) is 0.745. The van der Waals surface area contributed by atoms with Gasteiger partial charge in [-0.1, -0.05) is 0 Å². The van der Waals surface area contributed by atoms with E-state index in [9.17, 15) is 4.79 Å². The number of aromatic nitrogens is 4. The second-order valence-corrected chi connectivity index (χ2v) is 3.44. The number of nitrogens with one attached hydrogen (secondary N) is 1. The van der Waals surface area contributed by atoms with E-state index in [0.29, 0.717) is 24.6 Å². The molecule has 0 radical (unpaired) electrons. The fraction of sp³-hybridized carbons (Fsp3) is 0.300. The van der Waals surface area contributed by atoms with Crippen LogP contribution in [0, 0.1) is 6.92 Å². The van der Waals surface area contributed by atoms with Gasteiger partial charge in [-0.2, -0.15) is 0 Å². The van der Waals surface area contributed by atoms with Crippen LogP contribution in [0.2, 0.25) is 0 Å². The second-order valence-electron chi connectivity index (χ2n) is 3.44. The highest BCUT2D eigenvalue weighted by Gasteiger charge is 2.06. The Hall–Kier alpha value is -1.95. The Morgan fingerprint density at radius 3 is 3.06 bits per heavy atom. The Bertz CT molecular complexity index is 542. The van der Waals surface area contributed by atoms with Gasteiger partial charge in [-0.15, -0.1) is 0 Å². The summed E-state index contributed by atoms with van der Waals surface area (Å²) >= 11 is 0. The summed E-state index contributed by atoms with van der Waals surface area (Å²) in [6.07, 6.45) is 4.09. The lowest BCUT2D eigenvalue weighted by Gasteiger charge is -2.06. The predicted octanol–water partition coefficient (Wildman–Crippen LogP) is -0.235. The summed E-state index contributed by atoms with van der Waals surface area (Å²) in [4.78, 5) is 22.3. The summed E-state index contributed by atoms with van der Waals surface area (Å²) in [7, 11) is 0. The second kappa shape index (κ2) is 4.28. The van der Waals surface area contributed by atoms with E-state index in [1.807, 2.05) is 0 Å². The van der Waals surface area contributed by atoms with Crippen molar-refractivity contribution in [3.05, 3.63) is 40.5 Å². The molecule has 0 spiro atoms. The summed E-state index contributed by atoms with van der Waals surface area (Å²) < 4.78 is 1.77. The molecular weight excluding hydrogens is 206 g/mol. The van der Waals surface area contributed by atoms with E-state index in [-0.39, 0.29) is 5.56 Å².